The van der Waals surface area contributed by atoms with E-state index in [1.54, 1.807) is 26.2 Å². The van der Waals surface area contributed by atoms with E-state index in [1.807, 2.05) is 42.5 Å². The molecule has 0 heterocycles. The van der Waals surface area contributed by atoms with Gasteiger partial charge in [-0.15, -0.1) is 0 Å². The summed E-state index contributed by atoms with van der Waals surface area (Å²) in [6.07, 6.45) is -0.595. The lowest BCUT2D eigenvalue weighted by atomic mass is 10.3. The highest BCUT2D eigenvalue weighted by molar-refractivity contribution is 5.94. The third kappa shape index (κ3) is 3.75. The largest absolute Gasteiger partial charge is 0.497 e. The first-order valence-electron chi connectivity index (χ1n) is 6.35. The van der Waals surface area contributed by atoms with Gasteiger partial charge in [0, 0.05) is 11.8 Å². The summed E-state index contributed by atoms with van der Waals surface area (Å²) < 4.78 is 10.7. The number of carbonyl (C=O) groups is 1. The number of nitrogens with one attached hydrogen (secondary N) is 1. The van der Waals surface area contributed by atoms with Crippen LogP contribution in [0.1, 0.15) is 6.92 Å². The summed E-state index contributed by atoms with van der Waals surface area (Å²) in [5.41, 5.74) is 0.749. The van der Waals surface area contributed by atoms with E-state index in [-0.39, 0.29) is 5.91 Å². The lowest BCUT2D eigenvalue weighted by Gasteiger charge is -2.15. The van der Waals surface area contributed by atoms with Crippen molar-refractivity contribution in [1.29, 1.82) is 0 Å². The molecule has 4 nitrogen and oxygen atoms in total. The average Bonchev–Trinajstić information content (AvgIpc) is 2.48. The van der Waals surface area contributed by atoms with Crippen LogP contribution in [0, 0.1) is 0 Å². The lowest BCUT2D eigenvalue weighted by molar-refractivity contribution is -0.122. The number of para-hydroxylation sites is 1. The Morgan fingerprint density at radius 3 is 2.45 bits per heavy atom. The molecule has 1 amide bonds. The molecule has 104 valence electrons. The van der Waals surface area contributed by atoms with Crippen molar-refractivity contribution in [2.45, 2.75) is 13.0 Å². The van der Waals surface area contributed by atoms with Gasteiger partial charge in [0.1, 0.15) is 11.5 Å². The SMILES string of the molecule is COc1cccc(O[C@@H](C)C(=O)Nc2ccccc2)c1. The molecule has 0 saturated heterocycles. The minimum Gasteiger partial charge on any atom is -0.497 e. The molecule has 20 heavy (non-hydrogen) atoms. The number of anilines is 1. The summed E-state index contributed by atoms with van der Waals surface area (Å²) in [6, 6.07) is 16.4. The highest BCUT2D eigenvalue weighted by atomic mass is 16.5. The molecule has 0 spiro atoms. The highest BCUT2D eigenvalue weighted by Crippen LogP contribution is 2.20. The van der Waals surface area contributed by atoms with Gasteiger partial charge in [-0.3, -0.25) is 4.79 Å². The van der Waals surface area contributed by atoms with Crippen LogP contribution in [0.2, 0.25) is 0 Å². The molecule has 0 radical (unpaired) electrons. The molecule has 2 aromatic carbocycles. The first-order valence-corrected chi connectivity index (χ1v) is 6.35. The van der Waals surface area contributed by atoms with Gasteiger partial charge in [0.05, 0.1) is 7.11 Å². The third-order valence-corrected chi connectivity index (χ3v) is 2.76. The lowest BCUT2D eigenvalue weighted by Crippen LogP contribution is -2.30. The second-order valence-electron chi connectivity index (χ2n) is 4.29. The predicted octanol–water partition coefficient (Wildman–Crippen LogP) is 3.10. The molecule has 0 aliphatic carbocycles. The second-order valence-corrected chi connectivity index (χ2v) is 4.29. The van der Waals surface area contributed by atoms with Crippen LogP contribution in [0.15, 0.2) is 54.6 Å². The van der Waals surface area contributed by atoms with E-state index in [0.29, 0.717) is 11.5 Å². The van der Waals surface area contributed by atoms with E-state index in [9.17, 15) is 4.79 Å². The smallest absolute Gasteiger partial charge is 0.265 e. The van der Waals surface area contributed by atoms with Crippen LogP contribution in [-0.2, 0) is 4.79 Å². The maximum atomic E-state index is 12.0. The molecule has 1 N–H and O–H groups in total. The van der Waals surface area contributed by atoms with Crippen LogP contribution in [0.3, 0.4) is 0 Å². The third-order valence-electron chi connectivity index (χ3n) is 2.76. The van der Waals surface area contributed by atoms with Crippen molar-refractivity contribution in [3.63, 3.8) is 0 Å². The number of ether oxygens (including phenoxy) is 2. The van der Waals surface area contributed by atoms with E-state index < -0.39 is 6.10 Å². The molecule has 0 unspecified atom stereocenters. The van der Waals surface area contributed by atoms with Crippen LogP contribution in [0.5, 0.6) is 11.5 Å². The van der Waals surface area contributed by atoms with Crippen LogP contribution >= 0.6 is 0 Å². The maximum Gasteiger partial charge on any atom is 0.265 e. The standard InChI is InChI=1S/C16H17NO3/c1-12(16(18)17-13-7-4-3-5-8-13)20-15-10-6-9-14(11-15)19-2/h3-12H,1-2H3,(H,17,18)/t12-/m0/s1. The summed E-state index contributed by atoms with van der Waals surface area (Å²) in [4.78, 5) is 12.0. The van der Waals surface area contributed by atoms with Gasteiger partial charge in [-0.2, -0.15) is 0 Å². The molecule has 0 fully saturated rings. The number of hydrogen-bond acceptors (Lipinski definition) is 3. The van der Waals surface area contributed by atoms with E-state index in [4.69, 9.17) is 9.47 Å². The molecule has 0 aliphatic rings. The van der Waals surface area contributed by atoms with E-state index >= 15 is 0 Å². The van der Waals surface area contributed by atoms with Crippen molar-refractivity contribution < 1.29 is 14.3 Å². The molecule has 2 rings (SSSR count). The fraction of sp³-hybridized carbons (Fsp3) is 0.188. The first kappa shape index (κ1) is 13.9. The first-order chi connectivity index (χ1) is 9.69. The fourth-order valence-corrected chi connectivity index (χ4v) is 1.70. The molecule has 0 aromatic heterocycles. The Balaban J connectivity index is 1.97. The van der Waals surface area contributed by atoms with Crippen LogP contribution in [0.4, 0.5) is 5.69 Å². The van der Waals surface area contributed by atoms with Gasteiger partial charge in [-0.1, -0.05) is 24.3 Å². The number of amides is 1. The molecule has 0 bridgehead atoms. The zero-order valence-electron chi connectivity index (χ0n) is 11.5. The van der Waals surface area contributed by atoms with Crippen molar-refractivity contribution in [2.24, 2.45) is 0 Å². The van der Waals surface area contributed by atoms with Crippen LogP contribution in [-0.4, -0.2) is 19.1 Å². The van der Waals surface area contributed by atoms with Gasteiger partial charge < -0.3 is 14.8 Å². The zero-order valence-corrected chi connectivity index (χ0v) is 11.5. The molecule has 1 atom stereocenters. The number of methoxy groups -OCH3 is 1. The van der Waals surface area contributed by atoms with Crippen molar-refractivity contribution in [1.82, 2.24) is 0 Å². The van der Waals surface area contributed by atoms with E-state index in [1.165, 1.54) is 0 Å². The Bertz CT molecular complexity index is 569. The molecule has 4 heteroatoms. The number of rotatable bonds is 5. The van der Waals surface area contributed by atoms with Gasteiger partial charge in [0.15, 0.2) is 6.10 Å². The minimum absolute atomic E-state index is 0.195. The highest BCUT2D eigenvalue weighted by Gasteiger charge is 2.14. The Morgan fingerprint density at radius 1 is 1.05 bits per heavy atom. The van der Waals surface area contributed by atoms with E-state index in [2.05, 4.69) is 5.32 Å². The normalized spacial score (nSPS) is 11.5. The Hall–Kier alpha value is -2.49. The van der Waals surface area contributed by atoms with Crippen LogP contribution in [0.25, 0.3) is 0 Å². The fourth-order valence-electron chi connectivity index (χ4n) is 1.70. The Morgan fingerprint density at radius 2 is 1.75 bits per heavy atom. The Kier molecular flexibility index (Phi) is 4.60. The topological polar surface area (TPSA) is 47.6 Å². The second kappa shape index (κ2) is 6.61. The molecular formula is C16H17NO3. The molecular weight excluding hydrogens is 254 g/mol. The minimum atomic E-state index is -0.595. The molecule has 2 aromatic rings. The number of hydrogen-bond donors (Lipinski definition) is 1. The van der Waals surface area contributed by atoms with Gasteiger partial charge in [0.25, 0.3) is 5.91 Å². The van der Waals surface area contributed by atoms with Crippen molar-refractivity contribution in [2.75, 3.05) is 12.4 Å². The average molecular weight is 271 g/mol. The summed E-state index contributed by atoms with van der Waals surface area (Å²) in [6.45, 7) is 1.71. The van der Waals surface area contributed by atoms with Crippen molar-refractivity contribution >= 4 is 11.6 Å². The summed E-state index contributed by atoms with van der Waals surface area (Å²) in [7, 11) is 1.59. The van der Waals surface area contributed by atoms with Gasteiger partial charge >= 0.3 is 0 Å². The van der Waals surface area contributed by atoms with Crippen molar-refractivity contribution in [3.8, 4) is 11.5 Å². The zero-order chi connectivity index (χ0) is 14.4. The van der Waals surface area contributed by atoms with Gasteiger partial charge in [-0.05, 0) is 31.2 Å². The van der Waals surface area contributed by atoms with Crippen LogP contribution < -0.4 is 14.8 Å². The summed E-state index contributed by atoms with van der Waals surface area (Å²) in [5.74, 6) is 1.09. The quantitative estimate of drug-likeness (QED) is 0.909. The van der Waals surface area contributed by atoms with Crippen molar-refractivity contribution in [3.05, 3.63) is 54.6 Å². The monoisotopic (exact) mass is 271 g/mol. The summed E-state index contributed by atoms with van der Waals surface area (Å²) in [5, 5.41) is 2.80. The van der Waals surface area contributed by atoms with Gasteiger partial charge in [0.2, 0.25) is 0 Å². The summed E-state index contributed by atoms with van der Waals surface area (Å²) >= 11 is 0. The number of carbonyl (C=O) groups excluding carboxylic acids is 1. The molecule has 0 aliphatic heterocycles. The maximum absolute atomic E-state index is 12.0. The Labute approximate surface area is 118 Å². The molecule has 0 saturated carbocycles. The predicted molar refractivity (Wildman–Crippen MR) is 78.2 cm³/mol. The number of benzene rings is 2. The van der Waals surface area contributed by atoms with Gasteiger partial charge in [-0.25, -0.2) is 0 Å². The van der Waals surface area contributed by atoms with E-state index in [0.717, 1.165) is 5.69 Å².